The molecule has 3 nitrogen and oxygen atoms in total. The van der Waals surface area contributed by atoms with Gasteiger partial charge in [-0.3, -0.25) is 4.79 Å². The number of hydrogen-bond donors (Lipinski definition) is 1. The van der Waals surface area contributed by atoms with Crippen molar-refractivity contribution in [3.8, 4) is 0 Å². The van der Waals surface area contributed by atoms with Gasteiger partial charge in [-0.15, -0.1) is 24.2 Å². The summed E-state index contributed by atoms with van der Waals surface area (Å²) in [7, 11) is 1.81. The number of benzene rings is 1. The molecule has 0 aliphatic heterocycles. The Morgan fingerprint density at radius 1 is 1.40 bits per heavy atom. The van der Waals surface area contributed by atoms with E-state index in [0.29, 0.717) is 23.9 Å². The van der Waals surface area contributed by atoms with E-state index in [0.717, 1.165) is 4.90 Å². The van der Waals surface area contributed by atoms with Crippen LogP contribution in [0.3, 0.4) is 0 Å². The number of carbonyl (C=O) groups is 1. The summed E-state index contributed by atoms with van der Waals surface area (Å²) < 4.78 is 0. The second kappa shape index (κ2) is 8.78. The molecule has 0 saturated heterocycles. The monoisotopic (exact) mass is 336 g/mol. The van der Waals surface area contributed by atoms with E-state index >= 15 is 0 Å². The van der Waals surface area contributed by atoms with Crippen molar-refractivity contribution >= 4 is 41.7 Å². The zero-order valence-corrected chi connectivity index (χ0v) is 14.4. The third-order valence-electron chi connectivity index (χ3n) is 2.83. The fourth-order valence-corrected chi connectivity index (χ4v) is 2.79. The summed E-state index contributed by atoms with van der Waals surface area (Å²) >= 11 is 7.52. The number of nitrogens with zero attached hydrogens (tertiary/aromatic N) is 1. The van der Waals surface area contributed by atoms with E-state index in [1.807, 2.05) is 31.3 Å². The largest absolute Gasteiger partial charge is 0.344 e. The topological polar surface area (TPSA) is 46.3 Å². The Morgan fingerprint density at radius 2 is 2.00 bits per heavy atom. The van der Waals surface area contributed by atoms with Crippen LogP contribution in [0.25, 0.3) is 0 Å². The van der Waals surface area contributed by atoms with Crippen LogP contribution in [0.2, 0.25) is 5.02 Å². The minimum atomic E-state index is -0.0561. The van der Waals surface area contributed by atoms with E-state index in [2.05, 4.69) is 13.8 Å². The molecule has 114 valence electrons. The smallest absolute Gasteiger partial charge is 0.232 e. The average Bonchev–Trinajstić information content (AvgIpc) is 2.37. The number of halogens is 2. The van der Waals surface area contributed by atoms with Crippen molar-refractivity contribution in [2.45, 2.75) is 18.7 Å². The van der Waals surface area contributed by atoms with Crippen molar-refractivity contribution in [2.24, 2.45) is 11.1 Å². The zero-order valence-electron chi connectivity index (χ0n) is 12.1. The quantitative estimate of drug-likeness (QED) is 0.810. The predicted octanol–water partition coefficient (Wildman–Crippen LogP) is 3.30. The summed E-state index contributed by atoms with van der Waals surface area (Å²) in [5, 5.41) is 0.685. The Hall–Kier alpha value is -0.420. The van der Waals surface area contributed by atoms with Gasteiger partial charge in [-0.1, -0.05) is 37.6 Å². The van der Waals surface area contributed by atoms with Crippen molar-refractivity contribution in [3.05, 3.63) is 29.3 Å². The lowest BCUT2D eigenvalue weighted by Crippen LogP contribution is -2.40. The maximum atomic E-state index is 12.0. The van der Waals surface area contributed by atoms with Gasteiger partial charge >= 0.3 is 0 Å². The Labute approximate surface area is 136 Å². The van der Waals surface area contributed by atoms with Crippen LogP contribution < -0.4 is 5.73 Å². The molecule has 0 aliphatic carbocycles. The van der Waals surface area contributed by atoms with Crippen molar-refractivity contribution in [1.82, 2.24) is 4.90 Å². The first kappa shape index (κ1) is 19.6. The highest BCUT2D eigenvalue weighted by atomic mass is 35.5. The van der Waals surface area contributed by atoms with E-state index < -0.39 is 0 Å². The number of nitrogens with two attached hydrogens (primary N) is 1. The van der Waals surface area contributed by atoms with Crippen LogP contribution in [0, 0.1) is 5.41 Å². The van der Waals surface area contributed by atoms with E-state index in [4.69, 9.17) is 17.3 Å². The fraction of sp³-hybridized carbons (Fsp3) is 0.500. The van der Waals surface area contributed by atoms with Crippen LogP contribution in [-0.2, 0) is 4.79 Å². The zero-order chi connectivity index (χ0) is 14.5. The lowest BCUT2D eigenvalue weighted by Gasteiger charge is -2.29. The maximum Gasteiger partial charge on any atom is 0.232 e. The van der Waals surface area contributed by atoms with Gasteiger partial charge in [-0.05, 0) is 24.1 Å². The van der Waals surface area contributed by atoms with Gasteiger partial charge in [-0.25, -0.2) is 0 Å². The van der Waals surface area contributed by atoms with Crippen molar-refractivity contribution in [2.75, 3.05) is 25.9 Å². The molecule has 0 saturated carbocycles. The van der Waals surface area contributed by atoms with Crippen molar-refractivity contribution in [3.63, 3.8) is 0 Å². The molecular formula is C14H22Cl2N2OS. The number of hydrogen-bond acceptors (Lipinski definition) is 3. The van der Waals surface area contributed by atoms with Crippen LogP contribution in [-0.4, -0.2) is 36.7 Å². The number of amides is 1. The standard InChI is InChI=1S/C14H21ClN2OS.ClH/c1-14(2,9-16)10-17(3)13(18)8-19-12-7-5-4-6-11(12)15;/h4-7H,8-10,16H2,1-3H3;1H. The first-order valence-corrected chi connectivity index (χ1v) is 7.53. The molecule has 6 heteroatoms. The highest BCUT2D eigenvalue weighted by Crippen LogP contribution is 2.26. The maximum absolute atomic E-state index is 12.0. The third-order valence-corrected chi connectivity index (χ3v) is 4.33. The van der Waals surface area contributed by atoms with Gasteiger partial charge < -0.3 is 10.6 Å². The van der Waals surface area contributed by atoms with Gasteiger partial charge in [0.15, 0.2) is 0 Å². The molecule has 0 heterocycles. The Morgan fingerprint density at radius 3 is 2.55 bits per heavy atom. The highest BCUT2D eigenvalue weighted by molar-refractivity contribution is 8.00. The summed E-state index contributed by atoms with van der Waals surface area (Å²) in [5.41, 5.74) is 5.62. The Bertz CT molecular complexity index is 441. The molecular weight excluding hydrogens is 315 g/mol. The van der Waals surface area contributed by atoms with Crippen LogP contribution >= 0.6 is 35.8 Å². The first-order valence-electron chi connectivity index (χ1n) is 6.17. The van der Waals surface area contributed by atoms with Crippen LogP contribution in [0.4, 0.5) is 0 Å². The van der Waals surface area contributed by atoms with E-state index in [1.54, 1.807) is 4.90 Å². The lowest BCUT2D eigenvalue weighted by molar-refractivity contribution is -0.128. The fourth-order valence-electron chi connectivity index (χ4n) is 1.61. The molecule has 0 atom stereocenters. The summed E-state index contributed by atoms with van der Waals surface area (Å²) in [6, 6.07) is 7.55. The van der Waals surface area contributed by atoms with Crippen molar-refractivity contribution < 1.29 is 4.79 Å². The molecule has 1 aromatic carbocycles. The summed E-state index contributed by atoms with van der Waals surface area (Å²) in [6.07, 6.45) is 0. The highest BCUT2D eigenvalue weighted by Gasteiger charge is 2.21. The minimum absolute atomic E-state index is 0. The van der Waals surface area contributed by atoms with E-state index in [9.17, 15) is 4.79 Å². The minimum Gasteiger partial charge on any atom is -0.344 e. The predicted molar refractivity (Wildman–Crippen MR) is 89.9 cm³/mol. The third kappa shape index (κ3) is 6.35. The molecule has 20 heavy (non-hydrogen) atoms. The lowest BCUT2D eigenvalue weighted by atomic mass is 9.93. The SMILES string of the molecule is CN(CC(C)(C)CN)C(=O)CSc1ccccc1Cl.Cl. The normalized spacial score (nSPS) is 10.8. The van der Waals surface area contributed by atoms with Gasteiger partial charge in [0.2, 0.25) is 5.91 Å². The van der Waals surface area contributed by atoms with Crippen LogP contribution in [0.1, 0.15) is 13.8 Å². The van der Waals surface area contributed by atoms with Gasteiger partial charge in [-0.2, -0.15) is 0 Å². The van der Waals surface area contributed by atoms with Gasteiger partial charge in [0, 0.05) is 18.5 Å². The van der Waals surface area contributed by atoms with Gasteiger partial charge in [0.25, 0.3) is 0 Å². The average molecular weight is 337 g/mol. The summed E-state index contributed by atoms with van der Waals surface area (Å²) in [6.45, 7) is 5.32. The Kier molecular flexibility index (Phi) is 8.59. The number of rotatable bonds is 6. The molecule has 1 rings (SSSR count). The summed E-state index contributed by atoms with van der Waals surface area (Å²) in [5.74, 6) is 0.479. The second-order valence-corrected chi connectivity index (χ2v) is 6.76. The Balaban J connectivity index is 0.00000361. The van der Waals surface area contributed by atoms with Crippen LogP contribution in [0.15, 0.2) is 29.2 Å². The molecule has 0 fully saturated rings. The second-order valence-electron chi connectivity index (χ2n) is 5.34. The molecule has 0 aromatic heterocycles. The van der Waals surface area contributed by atoms with E-state index in [-0.39, 0.29) is 23.7 Å². The molecule has 0 spiro atoms. The number of thioether (sulfide) groups is 1. The number of carbonyl (C=O) groups excluding carboxylic acids is 1. The summed E-state index contributed by atoms with van der Waals surface area (Å²) in [4.78, 5) is 14.7. The van der Waals surface area contributed by atoms with Gasteiger partial charge in [0.1, 0.15) is 0 Å². The molecule has 2 N–H and O–H groups in total. The molecule has 0 aliphatic rings. The molecule has 0 bridgehead atoms. The molecule has 1 aromatic rings. The molecule has 0 radical (unpaired) electrons. The van der Waals surface area contributed by atoms with Gasteiger partial charge in [0.05, 0.1) is 10.8 Å². The molecule has 0 unspecified atom stereocenters. The van der Waals surface area contributed by atoms with Crippen LogP contribution in [0.5, 0.6) is 0 Å². The first-order chi connectivity index (χ1) is 8.85. The molecule has 1 amide bonds. The van der Waals surface area contributed by atoms with E-state index in [1.165, 1.54) is 11.8 Å². The van der Waals surface area contributed by atoms with Crippen molar-refractivity contribution in [1.29, 1.82) is 0 Å².